The molecule has 2 aromatic carbocycles. The number of cyclic esters (lactones) is 1. The fraction of sp³-hybridized carbons (Fsp3) is 0.467. The van der Waals surface area contributed by atoms with Crippen molar-refractivity contribution in [3.05, 3.63) is 59.2 Å². The molecule has 1 saturated heterocycles. The number of fused-ring (bicyclic) bond motifs is 3. The van der Waals surface area contributed by atoms with Crippen molar-refractivity contribution in [3.8, 4) is 17.2 Å². The summed E-state index contributed by atoms with van der Waals surface area (Å²) in [7, 11) is 0. The number of rotatable bonds is 5. The van der Waals surface area contributed by atoms with Gasteiger partial charge in [-0.25, -0.2) is 4.79 Å². The predicted octanol–water partition coefficient (Wildman–Crippen LogP) is 4.29. The van der Waals surface area contributed by atoms with Crippen LogP contribution in [0.1, 0.15) is 56.7 Å². The number of piperidine rings is 1. The first kappa shape index (κ1) is 25.8. The number of benzene rings is 2. The fourth-order valence-electron chi connectivity index (χ4n) is 5.84. The molecule has 0 aromatic heterocycles. The van der Waals surface area contributed by atoms with Gasteiger partial charge in [-0.3, -0.25) is 14.5 Å². The van der Waals surface area contributed by atoms with Gasteiger partial charge in [0.05, 0.1) is 12.5 Å². The Morgan fingerprint density at radius 1 is 1.13 bits per heavy atom. The number of likely N-dealkylation sites (tertiary alicyclic amines) is 1. The molecule has 38 heavy (non-hydrogen) atoms. The van der Waals surface area contributed by atoms with Crippen LogP contribution in [0.5, 0.6) is 0 Å². The number of nitriles is 1. The predicted molar refractivity (Wildman–Crippen MR) is 140 cm³/mol. The van der Waals surface area contributed by atoms with E-state index in [-0.39, 0.29) is 30.4 Å². The van der Waals surface area contributed by atoms with Gasteiger partial charge in [-0.2, -0.15) is 5.26 Å². The van der Waals surface area contributed by atoms with Crippen molar-refractivity contribution in [2.24, 2.45) is 5.92 Å². The van der Waals surface area contributed by atoms with Crippen LogP contribution in [0.3, 0.4) is 0 Å². The molecular formula is C30H33N3O5. The van der Waals surface area contributed by atoms with E-state index in [0.717, 1.165) is 47.1 Å². The van der Waals surface area contributed by atoms with Gasteiger partial charge in [0.1, 0.15) is 24.3 Å². The summed E-state index contributed by atoms with van der Waals surface area (Å²) in [5.74, 6) is -0.404. The third kappa shape index (κ3) is 5.38. The van der Waals surface area contributed by atoms with Gasteiger partial charge in [-0.15, -0.1) is 0 Å². The molecule has 0 radical (unpaired) electrons. The highest BCUT2D eigenvalue weighted by molar-refractivity contribution is 5.87. The molecule has 198 valence electrons. The highest BCUT2D eigenvalue weighted by Crippen LogP contribution is 2.43. The first-order chi connectivity index (χ1) is 18.1. The summed E-state index contributed by atoms with van der Waals surface area (Å²) < 4.78 is 10.7. The minimum Gasteiger partial charge on any atom is -0.461 e. The largest absolute Gasteiger partial charge is 0.461 e. The summed E-state index contributed by atoms with van der Waals surface area (Å²) >= 11 is 0. The lowest BCUT2D eigenvalue weighted by molar-refractivity contribution is -0.145. The number of nitrogens with zero attached hydrogens (tertiary/aromatic N) is 2. The van der Waals surface area contributed by atoms with E-state index in [9.17, 15) is 19.6 Å². The lowest BCUT2D eigenvalue weighted by Crippen LogP contribution is -2.55. The molecule has 5 rings (SSSR count). The molecule has 2 aromatic rings. The summed E-state index contributed by atoms with van der Waals surface area (Å²) in [6, 6.07) is 14.8. The van der Waals surface area contributed by atoms with Crippen LogP contribution in [0.15, 0.2) is 42.5 Å². The third-order valence-corrected chi connectivity index (χ3v) is 7.59. The van der Waals surface area contributed by atoms with Crippen LogP contribution >= 0.6 is 0 Å². The Kier molecular flexibility index (Phi) is 6.87. The molecular weight excluding hydrogens is 482 g/mol. The van der Waals surface area contributed by atoms with Crippen LogP contribution < -0.4 is 5.32 Å². The number of ether oxygens (including phenoxy) is 2. The van der Waals surface area contributed by atoms with E-state index in [1.807, 2.05) is 63.2 Å². The Balaban J connectivity index is 1.24. The Hall–Kier alpha value is -3.86. The monoisotopic (exact) mass is 515 g/mol. The number of carbonyl (C=O) groups excluding carboxylic acids is 3. The summed E-state index contributed by atoms with van der Waals surface area (Å²) in [4.78, 5) is 39.3. The van der Waals surface area contributed by atoms with Crippen LogP contribution in [0.25, 0.3) is 11.1 Å². The van der Waals surface area contributed by atoms with Crippen LogP contribution in [-0.2, 0) is 38.5 Å². The van der Waals surface area contributed by atoms with Gasteiger partial charge in [-0.1, -0.05) is 36.4 Å². The SMILES string of the molecule is CC(C)(C)OC(=O)N1[C@@H]2CC[C@@H](C2)[C@H]1C(=O)N[C@H](C#N)Cc1ccc(-c2ccc3c(c2)COC(=O)C3)cc1. The Bertz CT molecular complexity index is 1290. The van der Waals surface area contributed by atoms with Gasteiger partial charge in [0.2, 0.25) is 5.91 Å². The van der Waals surface area contributed by atoms with E-state index in [4.69, 9.17) is 9.47 Å². The molecule has 0 unspecified atom stereocenters. The fourth-order valence-corrected chi connectivity index (χ4v) is 5.84. The molecule has 2 bridgehead atoms. The van der Waals surface area contributed by atoms with Gasteiger partial charge >= 0.3 is 12.1 Å². The van der Waals surface area contributed by atoms with E-state index >= 15 is 0 Å². The van der Waals surface area contributed by atoms with Gasteiger partial charge in [0, 0.05) is 12.5 Å². The lowest BCUT2D eigenvalue weighted by Gasteiger charge is -2.35. The molecule has 1 aliphatic carbocycles. The molecule has 1 N–H and O–H groups in total. The zero-order chi connectivity index (χ0) is 27.0. The van der Waals surface area contributed by atoms with Crippen LogP contribution in [-0.4, -0.2) is 46.6 Å². The minimum atomic E-state index is -0.716. The number of carbonyl (C=O) groups is 3. The average Bonchev–Trinajstić information content (AvgIpc) is 3.49. The van der Waals surface area contributed by atoms with Crippen LogP contribution in [0.2, 0.25) is 0 Å². The van der Waals surface area contributed by atoms with E-state index in [1.54, 1.807) is 4.90 Å². The molecule has 2 amide bonds. The van der Waals surface area contributed by atoms with Crippen LogP contribution in [0, 0.1) is 17.2 Å². The maximum atomic E-state index is 13.3. The highest BCUT2D eigenvalue weighted by atomic mass is 16.6. The number of nitrogens with one attached hydrogen (secondary N) is 1. The molecule has 1 saturated carbocycles. The highest BCUT2D eigenvalue weighted by Gasteiger charge is 2.52. The molecule has 2 aliphatic heterocycles. The molecule has 3 aliphatic rings. The molecule has 8 nitrogen and oxygen atoms in total. The second kappa shape index (κ2) is 10.1. The Labute approximate surface area is 222 Å². The zero-order valence-electron chi connectivity index (χ0n) is 22.0. The van der Waals surface area contributed by atoms with E-state index in [2.05, 4.69) is 11.4 Å². The number of esters is 1. The van der Waals surface area contributed by atoms with Crippen molar-refractivity contribution in [2.45, 2.75) is 83.2 Å². The van der Waals surface area contributed by atoms with Crippen molar-refractivity contribution in [2.75, 3.05) is 0 Å². The van der Waals surface area contributed by atoms with Gasteiger partial charge < -0.3 is 14.8 Å². The third-order valence-electron chi connectivity index (χ3n) is 7.59. The normalized spacial score (nSPS) is 22.7. The van der Waals surface area contributed by atoms with Crippen LogP contribution in [0.4, 0.5) is 4.79 Å². The van der Waals surface area contributed by atoms with Gasteiger partial charge in [-0.05, 0) is 79.8 Å². The van der Waals surface area contributed by atoms with Crippen molar-refractivity contribution < 1.29 is 23.9 Å². The summed E-state index contributed by atoms with van der Waals surface area (Å²) in [6.07, 6.45) is 2.75. The number of amides is 2. The Morgan fingerprint density at radius 3 is 2.58 bits per heavy atom. The van der Waals surface area contributed by atoms with E-state index in [1.165, 1.54) is 0 Å². The van der Waals surface area contributed by atoms with Crippen molar-refractivity contribution in [3.63, 3.8) is 0 Å². The first-order valence-electron chi connectivity index (χ1n) is 13.2. The van der Waals surface area contributed by atoms with E-state index in [0.29, 0.717) is 12.8 Å². The van der Waals surface area contributed by atoms with Crippen molar-refractivity contribution in [1.29, 1.82) is 5.26 Å². The molecule has 4 atom stereocenters. The first-order valence-corrected chi connectivity index (χ1v) is 13.2. The smallest absolute Gasteiger partial charge is 0.411 e. The number of hydrogen-bond acceptors (Lipinski definition) is 6. The Morgan fingerprint density at radius 2 is 1.87 bits per heavy atom. The topological polar surface area (TPSA) is 109 Å². The molecule has 2 heterocycles. The quantitative estimate of drug-likeness (QED) is 0.595. The molecule has 2 fully saturated rings. The van der Waals surface area contributed by atoms with Gasteiger partial charge in [0.15, 0.2) is 0 Å². The zero-order valence-corrected chi connectivity index (χ0v) is 22.0. The number of hydrogen-bond donors (Lipinski definition) is 1. The molecule has 0 spiro atoms. The lowest BCUT2D eigenvalue weighted by atomic mass is 9.95. The summed E-state index contributed by atoms with van der Waals surface area (Å²) in [5.41, 5.74) is 4.32. The maximum Gasteiger partial charge on any atom is 0.411 e. The average molecular weight is 516 g/mol. The van der Waals surface area contributed by atoms with E-state index < -0.39 is 23.8 Å². The molecule has 8 heteroatoms. The summed E-state index contributed by atoms with van der Waals surface area (Å²) in [5, 5.41) is 12.7. The summed E-state index contributed by atoms with van der Waals surface area (Å²) in [6.45, 7) is 5.73. The van der Waals surface area contributed by atoms with Gasteiger partial charge in [0.25, 0.3) is 0 Å². The second-order valence-corrected chi connectivity index (χ2v) is 11.5. The second-order valence-electron chi connectivity index (χ2n) is 11.5. The minimum absolute atomic E-state index is 0.00863. The van der Waals surface area contributed by atoms with Crippen molar-refractivity contribution in [1.82, 2.24) is 10.2 Å². The maximum absolute atomic E-state index is 13.3. The van der Waals surface area contributed by atoms with Crippen molar-refractivity contribution >= 4 is 18.0 Å². The standard InChI is InChI=1S/C30H33N3O5/c1-30(2,3)38-29(36)33-25-11-10-22(14-25)27(33)28(35)32-24(16-31)12-18-4-6-19(7-5-18)20-8-9-21-15-26(34)37-17-23(21)13-20/h4-9,13,22,24-25,27H,10-12,14-15,17H2,1-3H3,(H,32,35)/t22-,24-,25+,27-/m0/s1.